The highest BCUT2D eigenvalue weighted by atomic mass is 16.3. The average Bonchev–Trinajstić information content (AvgIpc) is 2.64. The third-order valence-corrected chi connectivity index (χ3v) is 5.11. The normalized spacial score (nSPS) is 15.7. The molecule has 0 aliphatic carbocycles. The summed E-state index contributed by atoms with van der Waals surface area (Å²) < 4.78 is 6.12. The zero-order chi connectivity index (χ0) is 18.1. The number of carbonyl (C=O) groups excluding carboxylic acids is 1. The lowest BCUT2D eigenvalue weighted by Crippen LogP contribution is -2.39. The van der Waals surface area contributed by atoms with E-state index in [-0.39, 0.29) is 23.0 Å². The number of fused-ring (bicyclic) bond motifs is 1. The Bertz CT molecular complexity index is 862. The van der Waals surface area contributed by atoms with Crippen molar-refractivity contribution in [3.05, 3.63) is 39.2 Å². The summed E-state index contributed by atoms with van der Waals surface area (Å²) in [4.78, 5) is 26.0. The molecule has 1 saturated heterocycles. The van der Waals surface area contributed by atoms with Gasteiger partial charge in [-0.3, -0.25) is 9.59 Å². The minimum Gasteiger partial charge on any atom is -0.508 e. The highest BCUT2D eigenvalue weighted by Gasteiger charge is 2.27. The minimum atomic E-state index is -0.478. The summed E-state index contributed by atoms with van der Waals surface area (Å²) >= 11 is 0. The predicted octanol–water partition coefficient (Wildman–Crippen LogP) is 2.07. The van der Waals surface area contributed by atoms with Gasteiger partial charge in [0.1, 0.15) is 23.7 Å². The standard InChI is InChI=1S/C19H23NO5/c1-3-13-15(22)5-4-14-17(24)11(2)18(25-19(13)14)12-6-8-20(9-7-12)16(23)10-21/h4-5,12,21-22H,3,6-10H2,1-2H3. The van der Waals surface area contributed by atoms with Gasteiger partial charge in [0.25, 0.3) is 0 Å². The van der Waals surface area contributed by atoms with E-state index in [0.29, 0.717) is 60.2 Å². The van der Waals surface area contributed by atoms with Crippen LogP contribution in [0.3, 0.4) is 0 Å². The SMILES string of the molecule is CCc1c(O)ccc2c(=O)c(C)c(C3CCN(C(=O)CO)CC3)oc12. The second-order valence-electron chi connectivity index (χ2n) is 6.53. The van der Waals surface area contributed by atoms with E-state index < -0.39 is 6.61 Å². The van der Waals surface area contributed by atoms with E-state index in [1.807, 2.05) is 6.92 Å². The number of aromatic hydroxyl groups is 1. The Morgan fingerprint density at radius 2 is 2.00 bits per heavy atom. The lowest BCUT2D eigenvalue weighted by Gasteiger charge is -2.31. The summed E-state index contributed by atoms with van der Waals surface area (Å²) in [5.74, 6) is 0.561. The van der Waals surface area contributed by atoms with Crippen LogP contribution in [0.2, 0.25) is 0 Å². The number of phenols is 1. The molecule has 0 spiro atoms. The van der Waals surface area contributed by atoms with Crippen molar-refractivity contribution in [1.29, 1.82) is 0 Å². The zero-order valence-corrected chi connectivity index (χ0v) is 14.5. The van der Waals surface area contributed by atoms with Crippen molar-refractivity contribution >= 4 is 16.9 Å². The number of phenolic OH excluding ortho intramolecular Hbond substituents is 1. The van der Waals surface area contributed by atoms with Crippen LogP contribution in [-0.4, -0.2) is 40.7 Å². The molecule has 1 aliphatic rings. The topological polar surface area (TPSA) is 91.0 Å². The van der Waals surface area contributed by atoms with Crippen LogP contribution in [0.4, 0.5) is 0 Å². The largest absolute Gasteiger partial charge is 0.508 e. The Kier molecular flexibility index (Phi) is 4.81. The Morgan fingerprint density at radius 1 is 1.32 bits per heavy atom. The van der Waals surface area contributed by atoms with E-state index in [1.165, 1.54) is 6.07 Å². The van der Waals surface area contributed by atoms with Gasteiger partial charge in [0, 0.05) is 30.1 Å². The number of hydrogen-bond acceptors (Lipinski definition) is 5. The second kappa shape index (κ2) is 6.88. The Hall–Kier alpha value is -2.34. The van der Waals surface area contributed by atoms with Crippen molar-refractivity contribution in [2.24, 2.45) is 0 Å². The summed E-state index contributed by atoms with van der Waals surface area (Å²) in [6.45, 7) is 4.27. The van der Waals surface area contributed by atoms with Crippen LogP contribution in [0.1, 0.15) is 42.6 Å². The van der Waals surface area contributed by atoms with Gasteiger partial charge in [0.2, 0.25) is 5.91 Å². The fraction of sp³-hybridized carbons (Fsp3) is 0.474. The van der Waals surface area contributed by atoms with Crippen LogP contribution in [0.25, 0.3) is 11.0 Å². The molecule has 134 valence electrons. The molecule has 2 heterocycles. The summed E-state index contributed by atoms with van der Waals surface area (Å²) in [6.07, 6.45) is 1.93. The number of likely N-dealkylation sites (tertiary alicyclic amines) is 1. The molecule has 1 aromatic heterocycles. The molecule has 2 aromatic rings. The third kappa shape index (κ3) is 3.02. The highest BCUT2D eigenvalue weighted by Crippen LogP contribution is 2.34. The molecule has 6 nitrogen and oxygen atoms in total. The van der Waals surface area contributed by atoms with Gasteiger partial charge >= 0.3 is 0 Å². The molecular formula is C19H23NO5. The molecule has 2 N–H and O–H groups in total. The molecular weight excluding hydrogens is 322 g/mol. The first kappa shape index (κ1) is 17.5. The number of hydrogen-bond donors (Lipinski definition) is 2. The minimum absolute atomic E-state index is 0.0481. The van der Waals surface area contributed by atoms with E-state index >= 15 is 0 Å². The monoisotopic (exact) mass is 345 g/mol. The first-order valence-electron chi connectivity index (χ1n) is 8.64. The Labute approximate surface area is 145 Å². The average molecular weight is 345 g/mol. The van der Waals surface area contributed by atoms with E-state index in [9.17, 15) is 14.7 Å². The van der Waals surface area contributed by atoms with Crippen LogP contribution >= 0.6 is 0 Å². The third-order valence-electron chi connectivity index (χ3n) is 5.11. The lowest BCUT2D eigenvalue weighted by molar-refractivity contribution is -0.135. The lowest BCUT2D eigenvalue weighted by atomic mass is 9.91. The molecule has 1 aromatic carbocycles. The van der Waals surface area contributed by atoms with E-state index in [4.69, 9.17) is 9.52 Å². The molecule has 0 saturated carbocycles. The van der Waals surface area contributed by atoms with Crippen LogP contribution in [0.5, 0.6) is 5.75 Å². The fourth-order valence-corrected chi connectivity index (χ4v) is 3.64. The van der Waals surface area contributed by atoms with Crippen molar-refractivity contribution < 1.29 is 19.4 Å². The summed E-state index contributed by atoms with van der Waals surface area (Å²) in [6, 6.07) is 3.14. The molecule has 0 unspecified atom stereocenters. The predicted molar refractivity (Wildman–Crippen MR) is 93.9 cm³/mol. The van der Waals surface area contributed by atoms with Gasteiger partial charge in [-0.25, -0.2) is 0 Å². The number of aliphatic hydroxyl groups is 1. The van der Waals surface area contributed by atoms with Gasteiger partial charge in [0.05, 0.1) is 5.39 Å². The quantitative estimate of drug-likeness (QED) is 0.889. The van der Waals surface area contributed by atoms with Gasteiger partial charge in [0.15, 0.2) is 5.43 Å². The summed E-state index contributed by atoms with van der Waals surface area (Å²) in [7, 11) is 0. The van der Waals surface area contributed by atoms with Crippen molar-refractivity contribution in [2.75, 3.05) is 19.7 Å². The van der Waals surface area contributed by atoms with E-state index in [1.54, 1.807) is 17.9 Å². The summed E-state index contributed by atoms with van der Waals surface area (Å²) in [5, 5.41) is 19.5. The maximum absolute atomic E-state index is 12.8. The molecule has 0 atom stereocenters. The first-order valence-corrected chi connectivity index (χ1v) is 8.64. The second-order valence-corrected chi connectivity index (χ2v) is 6.53. The molecule has 25 heavy (non-hydrogen) atoms. The molecule has 6 heteroatoms. The van der Waals surface area contributed by atoms with E-state index in [0.717, 1.165) is 0 Å². The van der Waals surface area contributed by atoms with Gasteiger partial charge in [-0.05, 0) is 38.3 Å². The maximum Gasteiger partial charge on any atom is 0.248 e. The first-order chi connectivity index (χ1) is 12.0. The molecule has 1 aliphatic heterocycles. The van der Waals surface area contributed by atoms with Crippen molar-refractivity contribution in [1.82, 2.24) is 4.90 Å². The molecule has 3 rings (SSSR count). The Morgan fingerprint density at radius 3 is 2.60 bits per heavy atom. The number of piperidine rings is 1. The number of rotatable bonds is 3. The number of benzene rings is 1. The van der Waals surface area contributed by atoms with Gasteiger partial charge in [-0.2, -0.15) is 0 Å². The summed E-state index contributed by atoms with van der Waals surface area (Å²) in [5.41, 5.74) is 1.62. The van der Waals surface area contributed by atoms with Crippen molar-refractivity contribution in [2.45, 2.75) is 39.0 Å². The number of nitrogens with zero attached hydrogens (tertiary/aromatic N) is 1. The molecule has 1 fully saturated rings. The van der Waals surface area contributed by atoms with E-state index in [2.05, 4.69) is 0 Å². The molecule has 0 radical (unpaired) electrons. The van der Waals surface area contributed by atoms with Crippen LogP contribution < -0.4 is 5.43 Å². The van der Waals surface area contributed by atoms with Crippen LogP contribution in [-0.2, 0) is 11.2 Å². The molecule has 0 bridgehead atoms. The van der Waals surface area contributed by atoms with Gasteiger partial charge in [-0.1, -0.05) is 6.92 Å². The van der Waals surface area contributed by atoms with Crippen molar-refractivity contribution in [3.63, 3.8) is 0 Å². The fourth-order valence-electron chi connectivity index (χ4n) is 3.64. The number of aliphatic hydroxyl groups excluding tert-OH is 1. The van der Waals surface area contributed by atoms with Crippen LogP contribution in [0, 0.1) is 6.92 Å². The Balaban J connectivity index is 2.01. The smallest absolute Gasteiger partial charge is 0.248 e. The number of carbonyl (C=O) groups is 1. The number of amides is 1. The zero-order valence-electron chi connectivity index (χ0n) is 14.5. The maximum atomic E-state index is 12.8. The highest BCUT2D eigenvalue weighted by molar-refractivity contribution is 5.83. The van der Waals surface area contributed by atoms with Crippen molar-refractivity contribution in [3.8, 4) is 5.75 Å². The van der Waals surface area contributed by atoms with Gasteiger partial charge < -0.3 is 19.5 Å². The number of aryl methyl sites for hydroxylation is 1. The van der Waals surface area contributed by atoms with Gasteiger partial charge in [-0.15, -0.1) is 0 Å². The van der Waals surface area contributed by atoms with Crippen LogP contribution in [0.15, 0.2) is 21.3 Å². The molecule has 1 amide bonds.